The van der Waals surface area contributed by atoms with E-state index < -0.39 is 0 Å². The van der Waals surface area contributed by atoms with Crippen molar-refractivity contribution in [1.82, 2.24) is 5.32 Å². The van der Waals surface area contributed by atoms with Crippen molar-refractivity contribution in [2.45, 2.75) is 27.7 Å². The molecule has 0 atom stereocenters. The molecule has 3 nitrogen and oxygen atoms in total. The highest BCUT2D eigenvalue weighted by molar-refractivity contribution is 6.31. The van der Waals surface area contributed by atoms with E-state index in [0.717, 1.165) is 5.69 Å². The summed E-state index contributed by atoms with van der Waals surface area (Å²) in [5.74, 6) is 1.47. The van der Waals surface area contributed by atoms with Crippen LogP contribution in [0, 0.1) is 17.8 Å². The number of anilines is 1. The number of nitrogens with one attached hydrogen (secondary N) is 2. The molecule has 0 radical (unpaired) electrons. The summed E-state index contributed by atoms with van der Waals surface area (Å²) in [4.78, 5) is 12.3. The van der Waals surface area contributed by atoms with Gasteiger partial charge in [0.15, 0.2) is 0 Å². The van der Waals surface area contributed by atoms with Gasteiger partial charge in [-0.1, -0.05) is 39.3 Å². The minimum Gasteiger partial charge on any atom is -0.387 e. The fourth-order valence-electron chi connectivity index (χ4n) is 2.47. The van der Waals surface area contributed by atoms with Gasteiger partial charge in [-0.25, -0.2) is 0 Å². The fraction of sp³-hybridized carbons (Fsp3) is 0.562. The lowest BCUT2D eigenvalue weighted by atomic mass is 9.85. The first-order chi connectivity index (χ1) is 9.36. The molecule has 1 aromatic carbocycles. The maximum Gasteiger partial charge on any atom is 0.253 e. The third-order valence-corrected chi connectivity index (χ3v) is 3.94. The van der Waals surface area contributed by atoms with Gasteiger partial charge in [0, 0.05) is 24.3 Å². The molecule has 0 aliphatic heterocycles. The topological polar surface area (TPSA) is 41.1 Å². The third kappa shape index (κ3) is 4.41. The normalized spacial score (nSPS) is 11.2. The number of carbonyl (C=O) groups is 1. The molecule has 1 aromatic rings. The molecule has 112 valence electrons. The summed E-state index contributed by atoms with van der Waals surface area (Å²) in [6.45, 7) is 9.44. The van der Waals surface area contributed by atoms with Gasteiger partial charge in [0.2, 0.25) is 0 Å². The SMILES string of the molecule is CNc1ccc(Cl)cc1C(=O)NCC(C(C)C)C(C)C. The van der Waals surface area contributed by atoms with Crippen molar-refractivity contribution >= 4 is 23.2 Å². The lowest BCUT2D eigenvalue weighted by molar-refractivity contribution is 0.0938. The Morgan fingerprint density at radius 2 is 1.80 bits per heavy atom. The first-order valence-corrected chi connectivity index (χ1v) is 7.50. The van der Waals surface area contributed by atoms with Crippen molar-refractivity contribution in [2.75, 3.05) is 18.9 Å². The van der Waals surface area contributed by atoms with Gasteiger partial charge in [-0.05, 0) is 36.0 Å². The fourth-order valence-corrected chi connectivity index (χ4v) is 2.64. The molecule has 0 bridgehead atoms. The molecule has 1 rings (SSSR count). The van der Waals surface area contributed by atoms with Crippen molar-refractivity contribution in [3.05, 3.63) is 28.8 Å². The van der Waals surface area contributed by atoms with E-state index in [9.17, 15) is 4.79 Å². The zero-order chi connectivity index (χ0) is 15.3. The van der Waals surface area contributed by atoms with Crippen LogP contribution in [-0.2, 0) is 0 Å². The van der Waals surface area contributed by atoms with E-state index in [1.54, 1.807) is 19.2 Å². The van der Waals surface area contributed by atoms with Gasteiger partial charge >= 0.3 is 0 Å². The van der Waals surface area contributed by atoms with Crippen LogP contribution in [0.4, 0.5) is 5.69 Å². The predicted octanol–water partition coefficient (Wildman–Crippen LogP) is 4.04. The zero-order valence-corrected chi connectivity index (χ0v) is 13.7. The molecule has 0 aromatic heterocycles. The average Bonchev–Trinajstić information content (AvgIpc) is 2.37. The van der Waals surface area contributed by atoms with Gasteiger partial charge in [0.25, 0.3) is 5.91 Å². The van der Waals surface area contributed by atoms with Gasteiger partial charge < -0.3 is 10.6 Å². The standard InChI is InChI=1S/C16H25ClN2O/c1-10(2)14(11(3)4)9-19-16(20)13-8-12(17)6-7-15(13)18-5/h6-8,10-11,14,18H,9H2,1-5H3,(H,19,20). The van der Waals surface area contributed by atoms with Crippen LogP contribution in [0.3, 0.4) is 0 Å². The van der Waals surface area contributed by atoms with Gasteiger partial charge in [-0.15, -0.1) is 0 Å². The largest absolute Gasteiger partial charge is 0.387 e. The molecule has 4 heteroatoms. The van der Waals surface area contributed by atoms with Crippen LogP contribution >= 0.6 is 11.6 Å². The average molecular weight is 297 g/mol. The van der Waals surface area contributed by atoms with Crippen LogP contribution in [-0.4, -0.2) is 19.5 Å². The molecule has 0 fully saturated rings. The van der Waals surface area contributed by atoms with Crippen molar-refractivity contribution < 1.29 is 4.79 Å². The van der Waals surface area contributed by atoms with Gasteiger partial charge in [0.1, 0.15) is 0 Å². The Bertz CT molecular complexity index is 450. The maximum absolute atomic E-state index is 12.3. The highest BCUT2D eigenvalue weighted by Crippen LogP contribution is 2.22. The third-order valence-electron chi connectivity index (χ3n) is 3.71. The van der Waals surface area contributed by atoms with Crippen LogP contribution in [0.1, 0.15) is 38.1 Å². The van der Waals surface area contributed by atoms with Gasteiger partial charge in [-0.3, -0.25) is 4.79 Å². The second kappa shape index (κ2) is 7.53. The first-order valence-electron chi connectivity index (χ1n) is 7.12. The van der Waals surface area contributed by atoms with E-state index in [1.807, 2.05) is 6.07 Å². The second-order valence-corrected chi connectivity index (χ2v) is 6.24. The lowest BCUT2D eigenvalue weighted by Crippen LogP contribution is -2.34. The Hall–Kier alpha value is -1.22. The maximum atomic E-state index is 12.3. The smallest absolute Gasteiger partial charge is 0.253 e. The molecule has 0 saturated heterocycles. The summed E-state index contributed by atoms with van der Waals surface area (Å²) in [7, 11) is 1.80. The predicted molar refractivity (Wildman–Crippen MR) is 86.5 cm³/mol. The molecule has 0 saturated carbocycles. The first kappa shape index (κ1) is 16.8. The molecular formula is C16H25ClN2O. The van der Waals surface area contributed by atoms with E-state index in [2.05, 4.69) is 38.3 Å². The Kier molecular flexibility index (Phi) is 6.34. The molecule has 0 aliphatic rings. The van der Waals surface area contributed by atoms with Crippen molar-refractivity contribution in [3.8, 4) is 0 Å². The molecule has 0 unspecified atom stereocenters. The van der Waals surface area contributed by atoms with Crippen LogP contribution < -0.4 is 10.6 Å². The Morgan fingerprint density at radius 3 is 2.30 bits per heavy atom. The molecule has 0 aliphatic carbocycles. The van der Waals surface area contributed by atoms with E-state index in [1.165, 1.54) is 0 Å². The van der Waals surface area contributed by atoms with Crippen LogP contribution in [0.2, 0.25) is 5.02 Å². The van der Waals surface area contributed by atoms with Crippen LogP contribution in [0.15, 0.2) is 18.2 Å². The van der Waals surface area contributed by atoms with Crippen molar-refractivity contribution in [3.63, 3.8) is 0 Å². The quantitative estimate of drug-likeness (QED) is 0.832. The minimum absolute atomic E-state index is 0.0804. The number of hydrogen-bond donors (Lipinski definition) is 2. The van der Waals surface area contributed by atoms with Gasteiger partial charge in [-0.2, -0.15) is 0 Å². The number of carbonyl (C=O) groups excluding carboxylic acids is 1. The molecular weight excluding hydrogens is 272 g/mol. The number of hydrogen-bond acceptors (Lipinski definition) is 2. The molecule has 0 spiro atoms. The Morgan fingerprint density at radius 1 is 1.20 bits per heavy atom. The van der Waals surface area contributed by atoms with E-state index in [0.29, 0.717) is 34.9 Å². The van der Waals surface area contributed by atoms with Gasteiger partial charge in [0.05, 0.1) is 5.56 Å². The molecule has 1 amide bonds. The van der Waals surface area contributed by atoms with E-state index in [-0.39, 0.29) is 5.91 Å². The highest BCUT2D eigenvalue weighted by Gasteiger charge is 2.19. The van der Waals surface area contributed by atoms with Crippen LogP contribution in [0.25, 0.3) is 0 Å². The van der Waals surface area contributed by atoms with Crippen LogP contribution in [0.5, 0.6) is 0 Å². The number of benzene rings is 1. The second-order valence-electron chi connectivity index (χ2n) is 5.80. The summed E-state index contributed by atoms with van der Waals surface area (Å²) in [6, 6.07) is 5.29. The monoisotopic (exact) mass is 296 g/mol. The Labute approximate surface area is 127 Å². The summed E-state index contributed by atoms with van der Waals surface area (Å²) in [5.41, 5.74) is 1.38. The Balaban J connectivity index is 2.79. The van der Waals surface area contributed by atoms with Crippen molar-refractivity contribution in [1.29, 1.82) is 0 Å². The molecule has 20 heavy (non-hydrogen) atoms. The number of amides is 1. The summed E-state index contributed by atoms with van der Waals surface area (Å²) in [6.07, 6.45) is 0. The van der Waals surface area contributed by atoms with Crippen molar-refractivity contribution in [2.24, 2.45) is 17.8 Å². The molecule has 0 heterocycles. The van der Waals surface area contributed by atoms with E-state index in [4.69, 9.17) is 11.6 Å². The summed E-state index contributed by atoms with van der Waals surface area (Å²) >= 11 is 5.97. The number of halogens is 1. The molecule has 2 N–H and O–H groups in total. The van der Waals surface area contributed by atoms with E-state index >= 15 is 0 Å². The highest BCUT2D eigenvalue weighted by atomic mass is 35.5. The summed E-state index contributed by atoms with van der Waals surface area (Å²) in [5, 5.41) is 6.61. The number of rotatable bonds is 6. The summed E-state index contributed by atoms with van der Waals surface area (Å²) < 4.78 is 0. The zero-order valence-electron chi connectivity index (χ0n) is 13.0. The lowest BCUT2D eigenvalue weighted by Gasteiger charge is -2.25. The minimum atomic E-state index is -0.0804.